The fourth-order valence-corrected chi connectivity index (χ4v) is 10.4. The Morgan fingerprint density at radius 1 is 0.235 bits per heavy atom. The van der Waals surface area contributed by atoms with E-state index in [-0.39, 0.29) is 0 Å². The molecule has 0 radical (unpaired) electrons. The fraction of sp³-hybridized carbons (Fsp3) is 0. The molecule has 0 bridgehead atoms. The van der Waals surface area contributed by atoms with Crippen molar-refractivity contribution in [2.45, 2.75) is 0 Å². The van der Waals surface area contributed by atoms with Crippen LogP contribution in [0.4, 0.5) is 17.1 Å². The Morgan fingerprint density at radius 3 is 1.46 bits per heavy atom. The molecule has 0 saturated heterocycles. The predicted octanol–water partition coefficient (Wildman–Crippen LogP) is 18.4. The van der Waals surface area contributed by atoms with Gasteiger partial charge in [-0.1, -0.05) is 194 Å². The molecule has 68 heavy (non-hydrogen) atoms. The number of nitrogens with zero attached hydrogens (tertiary/aromatic N) is 2. The van der Waals surface area contributed by atoms with Gasteiger partial charge in [-0.05, 0) is 150 Å². The maximum absolute atomic E-state index is 2.39. The highest BCUT2D eigenvalue weighted by Crippen LogP contribution is 2.41. The first kappa shape index (κ1) is 39.4. The third kappa shape index (κ3) is 6.90. The molecule has 2 heteroatoms. The van der Waals surface area contributed by atoms with E-state index in [1.165, 1.54) is 98.6 Å². The Morgan fingerprint density at radius 2 is 0.721 bits per heavy atom. The summed E-state index contributed by atoms with van der Waals surface area (Å²) in [5.74, 6) is 0. The molecule has 0 aliphatic carbocycles. The molecule has 0 unspecified atom stereocenters. The smallest absolute Gasteiger partial charge is 0.0547 e. The number of hydrogen-bond acceptors (Lipinski definition) is 1. The van der Waals surface area contributed by atoms with Crippen molar-refractivity contribution in [2.75, 3.05) is 4.90 Å². The van der Waals surface area contributed by atoms with Crippen LogP contribution in [0.25, 0.3) is 104 Å². The van der Waals surface area contributed by atoms with Gasteiger partial charge < -0.3 is 9.47 Å². The first-order valence-corrected chi connectivity index (χ1v) is 23.4. The summed E-state index contributed by atoms with van der Waals surface area (Å²) in [7, 11) is 0. The lowest BCUT2D eigenvalue weighted by Crippen LogP contribution is -2.09. The monoisotopic (exact) mass is 864 g/mol. The highest BCUT2D eigenvalue weighted by Gasteiger charge is 2.17. The molecule has 0 fully saturated rings. The Balaban J connectivity index is 0.881. The minimum absolute atomic E-state index is 1.09. The van der Waals surface area contributed by atoms with E-state index in [2.05, 4.69) is 276 Å². The molecule has 0 spiro atoms. The second kappa shape index (κ2) is 16.5. The van der Waals surface area contributed by atoms with Crippen molar-refractivity contribution in [1.82, 2.24) is 4.57 Å². The summed E-state index contributed by atoms with van der Waals surface area (Å²) in [4.78, 5) is 2.37. The highest BCUT2D eigenvalue weighted by atomic mass is 15.1. The van der Waals surface area contributed by atoms with Crippen molar-refractivity contribution in [3.05, 3.63) is 267 Å². The zero-order valence-electron chi connectivity index (χ0n) is 37.3. The first-order chi connectivity index (χ1) is 33.7. The molecule has 2 nitrogen and oxygen atoms in total. The summed E-state index contributed by atoms with van der Waals surface area (Å²) in [6.45, 7) is 0. The van der Waals surface area contributed by atoms with Gasteiger partial charge in [-0.2, -0.15) is 0 Å². The second-order valence-corrected chi connectivity index (χ2v) is 17.7. The van der Waals surface area contributed by atoms with E-state index in [0.29, 0.717) is 0 Å². The molecule has 0 aliphatic heterocycles. The van der Waals surface area contributed by atoms with Crippen LogP contribution in [0, 0.1) is 0 Å². The normalized spacial score (nSPS) is 11.5. The molecule has 0 atom stereocenters. The molecule has 1 heterocycles. The summed E-state index contributed by atoms with van der Waals surface area (Å²) in [5.41, 5.74) is 16.4. The van der Waals surface area contributed by atoms with Crippen LogP contribution >= 0.6 is 0 Å². The summed E-state index contributed by atoms with van der Waals surface area (Å²) in [6, 6.07) is 97.4. The van der Waals surface area contributed by atoms with Gasteiger partial charge in [0.25, 0.3) is 0 Å². The quantitative estimate of drug-likeness (QED) is 0.138. The third-order valence-corrected chi connectivity index (χ3v) is 13.8. The van der Waals surface area contributed by atoms with Crippen molar-refractivity contribution in [1.29, 1.82) is 0 Å². The second-order valence-electron chi connectivity index (χ2n) is 17.7. The molecule has 0 saturated carbocycles. The fourth-order valence-electron chi connectivity index (χ4n) is 10.4. The lowest BCUT2D eigenvalue weighted by atomic mass is 9.94. The average molecular weight is 865 g/mol. The molecule has 0 N–H and O–H groups in total. The van der Waals surface area contributed by atoms with Crippen LogP contribution in [0.3, 0.4) is 0 Å². The van der Waals surface area contributed by atoms with Crippen LogP contribution in [0.15, 0.2) is 267 Å². The van der Waals surface area contributed by atoms with Gasteiger partial charge in [-0.15, -0.1) is 0 Å². The Labute approximate surface area is 395 Å². The molecular formula is C66H44N2. The zero-order valence-corrected chi connectivity index (χ0v) is 37.3. The summed E-state index contributed by atoms with van der Waals surface area (Å²) >= 11 is 0. The van der Waals surface area contributed by atoms with E-state index in [9.17, 15) is 0 Å². The number of aromatic nitrogens is 1. The van der Waals surface area contributed by atoms with E-state index in [1.54, 1.807) is 0 Å². The maximum atomic E-state index is 2.39. The van der Waals surface area contributed by atoms with Crippen molar-refractivity contribution in [3.63, 3.8) is 0 Å². The molecule has 0 aliphatic rings. The first-order valence-electron chi connectivity index (χ1n) is 23.4. The van der Waals surface area contributed by atoms with Gasteiger partial charge in [0.2, 0.25) is 0 Å². The Hall–Kier alpha value is -8.98. The number of para-hydroxylation sites is 2. The minimum Gasteiger partial charge on any atom is -0.311 e. The molecule has 0 amide bonds. The summed E-state index contributed by atoms with van der Waals surface area (Å²) in [6.07, 6.45) is 0. The van der Waals surface area contributed by atoms with E-state index >= 15 is 0 Å². The lowest BCUT2D eigenvalue weighted by molar-refractivity contribution is 1.18. The van der Waals surface area contributed by atoms with Gasteiger partial charge in [0.15, 0.2) is 0 Å². The Kier molecular flexibility index (Phi) is 9.54. The summed E-state index contributed by atoms with van der Waals surface area (Å²) in [5, 5.41) is 10.1. The van der Waals surface area contributed by atoms with E-state index in [0.717, 1.165) is 22.7 Å². The van der Waals surface area contributed by atoms with Crippen molar-refractivity contribution < 1.29 is 0 Å². The van der Waals surface area contributed by atoms with Crippen LogP contribution in [0.1, 0.15) is 0 Å². The molecule has 1 aromatic heterocycles. The standard InChI is InChI=1S/C66H44N2/c1-2-17-55(18-3-1)68-65-23-9-8-20-63(65)64-41-33-54(44-66(64)68)47-28-36-57(37-29-47)67(58-38-30-49(31-39-58)60-21-11-22-61-59-19-7-6-13-48(59)32-40-62(60)61)56-34-26-46(27-35-56)51-15-10-16-52(42-51)53-25-24-45-12-4-5-14-50(45)43-53/h1-44H. The van der Waals surface area contributed by atoms with Crippen LogP contribution in [0.5, 0.6) is 0 Å². The predicted molar refractivity (Wildman–Crippen MR) is 290 cm³/mol. The topological polar surface area (TPSA) is 8.17 Å². The highest BCUT2D eigenvalue weighted by molar-refractivity contribution is 6.12. The molecular weight excluding hydrogens is 821 g/mol. The van der Waals surface area contributed by atoms with Gasteiger partial charge >= 0.3 is 0 Å². The van der Waals surface area contributed by atoms with Gasteiger partial charge in [-0.25, -0.2) is 0 Å². The Bertz CT molecular complexity index is 4000. The van der Waals surface area contributed by atoms with E-state index < -0.39 is 0 Å². The number of rotatable bonds is 8. The summed E-state index contributed by atoms with van der Waals surface area (Å²) < 4.78 is 2.39. The van der Waals surface area contributed by atoms with Crippen LogP contribution in [-0.2, 0) is 0 Å². The van der Waals surface area contributed by atoms with E-state index in [1.807, 2.05) is 0 Å². The van der Waals surface area contributed by atoms with Gasteiger partial charge in [0.1, 0.15) is 0 Å². The van der Waals surface area contributed by atoms with Crippen molar-refractivity contribution in [3.8, 4) is 50.2 Å². The zero-order chi connectivity index (χ0) is 45.0. The number of benzene rings is 12. The van der Waals surface area contributed by atoms with Gasteiger partial charge in [-0.3, -0.25) is 0 Å². The number of hydrogen-bond donors (Lipinski definition) is 0. The van der Waals surface area contributed by atoms with Gasteiger partial charge in [0, 0.05) is 33.5 Å². The number of fused-ring (bicyclic) bond motifs is 7. The van der Waals surface area contributed by atoms with Crippen molar-refractivity contribution >= 4 is 71.2 Å². The van der Waals surface area contributed by atoms with Crippen LogP contribution in [-0.4, -0.2) is 4.57 Å². The maximum Gasteiger partial charge on any atom is 0.0547 e. The number of anilines is 3. The average Bonchev–Trinajstić information content (AvgIpc) is 3.75. The molecule has 12 aromatic carbocycles. The van der Waals surface area contributed by atoms with Crippen molar-refractivity contribution in [2.24, 2.45) is 0 Å². The molecule has 13 aromatic rings. The molecule has 318 valence electrons. The third-order valence-electron chi connectivity index (χ3n) is 13.8. The van der Waals surface area contributed by atoms with Crippen LogP contribution in [0.2, 0.25) is 0 Å². The molecule has 13 rings (SSSR count). The largest absolute Gasteiger partial charge is 0.311 e. The van der Waals surface area contributed by atoms with E-state index in [4.69, 9.17) is 0 Å². The van der Waals surface area contributed by atoms with Gasteiger partial charge in [0.05, 0.1) is 11.0 Å². The SMILES string of the molecule is c1ccc(-n2c3ccccc3c3ccc(-c4ccc(N(c5ccc(-c6cccc(-c7ccc8ccccc8c7)c6)cc5)c5ccc(-c6cccc7c6ccc6ccccc67)cc5)cc4)cc32)cc1. The van der Waals surface area contributed by atoms with Crippen LogP contribution < -0.4 is 4.90 Å². The minimum atomic E-state index is 1.09. The lowest BCUT2D eigenvalue weighted by Gasteiger charge is -2.26.